The molecule has 2 atom stereocenters. The van der Waals surface area contributed by atoms with Crippen molar-refractivity contribution >= 4 is 0 Å². The van der Waals surface area contributed by atoms with Crippen molar-refractivity contribution in [1.82, 2.24) is 5.32 Å². The van der Waals surface area contributed by atoms with E-state index in [0.717, 1.165) is 6.42 Å². The molecule has 2 nitrogen and oxygen atoms in total. The van der Waals surface area contributed by atoms with Gasteiger partial charge in [-0.1, -0.05) is 34.1 Å². The van der Waals surface area contributed by atoms with E-state index in [1.807, 2.05) is 0 Å². The van der Waals surface area contributed by atoms with E-state index in [-0.39, 0.29) is 18.1 Å². The Bertz CT molecular complexity index is 140. The second kappa shape index (κ2) is 6.41. The van der Waals surface area contributed by atoms with Gasteiger partial charge >= 0.3 is 0 Å². The Labute approximate surface area is 89.1 Å². The maximum Gasteiger partial charge on any atom is 0.0584 e. The summed E-state index contributed by atoms with van der Waals surface area (Å²) >= 11 is 0. The van der Waals surface area contributed by atoms with Crippen molar-refractivity contribution in [2.24, 2.45) is 5.41 Å². The molecule has 0 aromatic heterocycles. The van der Waals surface area contributed by atoms with Crippen LogP contribution in [0.3, 0.4) is 0 Å². The minimum atomic E-state index is 0.241. The van der Waals surface area contributed by atoms with Crippen molar-refractivity contribution in [2.45, 2.75) is 66.0 Å². The zero-order chi connectivity index (χ0) is 11.2. The topological polar surface area (TPSA) is 32.3 Å². The predicted octanol–water partition coefficient (Wildman–Crippen LogP) is 2.56. The first kappa shape index (κ1) is 13.9. The van der Waals surface area contributed by atoms with Crippen LogP contribution in [-0.2, 0) is 0 Å². The molecule has 2 heteroatoms. The van der Waals surface area contributed by atoms with Crippen molar-refractivity contribution in [1.29, 1.82) is 0 Å². The summed E-state index contributed by atoms with van der Waals surface area (Å²) in [5, 5.41) is 12.7. The zero-order valence-corrected chi connectivity index (χ0v) is 10.4. The number of aliphatic hydroxyl groups is 1. The van der Waals surface area contributed by atoms with Crippen LogP contribution in [0.2, 0.25) is 0 Å². The van der Waals surface area contributed by atoms with Crippen LogP contribution in [0.25, 0.3) is 0 Å². The van der Waals surface area contributed by atoms with Gasteiger partial charge in [0.2, 0.25) is 0 Å². The van der Waals surface area contributed by atoms with Gasteiger partial charge in [-0.15, -0.1) is 0 Å². The molecule has 0 aromatic rings. The van der Waals surface area contributed by atoms with E-state index in [1.165, 1.54) is 12.8 Å². The fraction of sp³-hybridized carbons (Fsp3) is 1.00. The summed E-state index contributed by atoms with van der Waals surface area (Å²) in [6, 6.07) is 0.760. The van der Waals surface area contributed by atoms with E-state index < -0.39 is 0 Å². The minimum absolute atomic E-state index is 0.241. The summed E-state index contributed by atoms with van der Waals surface area (Å²) < 4.78 is 0. The first-order chi connectivity index (χ1) is 6.39. The highest BCUT2D eigenvalue weighted by molar-refractivity contribution is 4.76. The number of nitrogens with one attached hydrogen (secondary N) is 1. The van der Waals surface area contributed by atoms with Crippen LogP contribution in [0.1, 0.15) is 53.9 Å². The normalized spacial score (nSPS) is 16.7. The highest BCUT2D eigenvalue weighted by Crippen LogP contribution is 2.20. The molecule has 86 valence electrons. The molecule has 0 aliphatic carbocycles. The van der Waals surface area contributed by atoms with Crippen LogP contribution in [-0.4, -0.2) is 23.8 Å². The Morgan fingerprint density at radius 1 is 1.29 bits per heavy atom. The molecular weight excluding hydrogens is 174 g/mol. The van der Waals surface area contributed by atoms with E-state index in [1.54, 1.807) is 0 Å². The second-order valence-corrected chi connectivity index (χ2v) is 5.50. The minimum Gasteiger partial charge on any atom is -0.395 e. The number of aliphatic hydroxyl groups excluding tert-OH is 1. The molecule has 0 rings (SSSR count). The van der Waals surface area contributed by atoms with Crippen molar-refractivity contribution in [3.63, 3.8) is 0 Å². The summed E-state index contributed by atoms with van der Waals surface area (Å²) in [5.41, 5.74) is 0.284. The van der Waals surface area contributed by atoms with Crippen molar-refractivity contribution in [3.8, 4) is 0 Å². The first-order valence-electron chi connectivity index (χ1n) is 5.76. The van der Waals surface area contributed by atoms with Gasteiger partial charge in [0, 0.05) is 12.1 Å². The summed E-state index contributed by atoms with van der Waals surface area (Å²) in [6.07, 6.45) is 3.40. The third-order valence-electron chi connectivity index (χ3n) is 2.32. The lowest BCUT2D eigenvalue weighted by Gasteiger charge is -2.28. The van der Waals surface area contributed by atoms with E-state index in [4.69, 9.17) is 0 Å². The van der Waals surface area contributed by atoms with Crippen LogP contribution in [0, 0.1) is 5.41 Å². The SMILES string of the molecule is CCCC(C)NC(CO)CC(C)(C)C. The molecule has 0 amide bonds. The van der Waals surface area contributed by atoms with Gasteiger partial charge in [0.1, 0.15) is 0 Å². The quantitative estimate of drug-likeness (QED) is 0.692. The van der Waals surface area contributed by atoms with Crippen LogP contribution < -0.4 is 5.32 Å². The highest BCUT2D eigenvalue weighted by atomic mass is 16.3. The molecule has 0 bridgehead atoms. The Hall–Kier alpha value is -0.0800. The first-order valence-corrected chi connectivity index (χ1v) is 5.76. The molecule has 14 heavy (non-hydrogen) atoms. The predicted molar refractivity (Wildman–Crippen MR) is 62.5 cm³/mol. The van der Waals surface area contributed by atoms with Crippen molar-refractivity contribution in [2.75, 3.05) is 6.61 Å². The lowest BCUT2D eigenvalue weighted by Crippen LogP contribution is -2.41. The summed E-state index contributed by atoms with van der Waals surface area (Å²) in [7, 11) is 0. The number of hydrogen-bond donors (Lipinski definition) is 2. The fourth-order valence-corrected chi connectivity index (χ4v) is 1.83. The summed E-state index contributed by atoms with van der Waals surface area (Å²) in [5.74, 6) is 0. The molecule has 2 unspecified atom stereocenters. The van der Waals surface area contributed by atoms with E-state index in [9.17, 15) is 5.11 Å². The molecule has 2 N–H and O–H groups in total. The van der Waals surface area contributed by atoms with Gasteiger partial charge in [0.05, 0.1) is 6.61 Å². The third-order valence-corrected chi connectivity index (χ3v) is 2.32. The van der Waals surface area contributed by atoms with Gasteiger partial charge in [0.25, 0.3) is 0 Å². The molecule has 0 saturated heterocycles. The third kappa shape index (κ3) is 7.34. The maximum absolute atomic E-state index is 9.24. The molecular formula is C12H27NO. The average Bonchev–Trinajstić information content (AvgIpc) is 2.01. The van der Waals surface area contributed by atoms with E-state index in [0.29, 0.717) is 6.04 Å². The van der Waals surface area contributed by atoms with Crippen molar-refractivity contribution in [3.05, 3.63) is 0 Å². The highest BCUT2D eigenvalue weighted by Gasteiger charge is 2.18. The van der Waals surface area contributed by atoms with Crippen LogP contribution in [0.15, 0.2) is 0 Å². The molecule has 0 fully saturated rings. The smallest absolute Gasteiger partial charge is 0.0584 e. The fourth-order valence-electron chi connectivity index (χ4n) is 1.83. The largest absolute Gasteiger partial charge is 0.395 e. The van der Waals surface area contributed by atoms with Gasteiger partial charge in [-0.2, -0.15) is 0 Å². The summed E-state index contributed by atoms with van der Waals surface area (Å²) in [6.45, 7) is 11.3. The Morgan fingerprint density at radius 3 is 2.21 bits per heavy atom. The van der Waals surface area contributed by atoms with Crippen LogP contribution >= 0.6 is 0 Å². The molecule has 0 spiro atoms. The standard InChI is InChI=1S/C12H27NO/c1-6-7-10(2)13-11(9-14)8-12(3,4)5/h10-11,13-14H,6-9H2,1-5H3. The molecule has 0 aliphatic heterocycles. The lowest BCUT2D eigenvalue weighted by molar-refractivity contribution is 0.188. The Kier molecular flexibility index (Phi) is 6.38. The second-order valence-electron chi connectivity index (χ2n) is 5.50. The Balaban J connectivity index is 3.90. The lowest BCUT2D eigenvalue weighted by atomic mass is 9.88. The van der Waals surface area contributed by atoms with Gasteiger partial charge < -0.3 is 10.4 Å². The van der Waals surface area contributed by atoms with Gasteiger partial charge in [-0.25, -0.2) is 0 Å². The average molecular weight is 201 g/mol. The van der Waals surface area contributed by atoms with Gasteiger partial charge in [-0.3, -0.25) is 0 Å². The Morgan fingerprint density at radius 2 is 1.86 bits per heavy atom. The molecule has 0 aromatic carbocycles. The molecule has 0 saturated carbocycles. The number of rotatable bonds is 6. The van der Waals surface area contributed by atoms with Crippen LogP contribution in [0.4, 0.5) is 0 Å². The summed E-state index contributed by atoms with van der Waals surface area (Å²) in [4.78, 5) is 0. The zero-order valence-electron chi connectivity index (χ0n) is 10.4. The van der Waals surface area contributed by atoms with Crippen LogP contribution in [0.5, 0.6) is 0 Å². The van der Waals surface area contributed by atoms with E-state index >= 15 is 0 Å². The van der Waals surface area contributed by atoms with Gasteiger partial charge in [-0.05, 0) is 25.2 Å². The molecule has 0 radical (unpaired) electrons. The monoisotopic (exact) mass is 201 g/mol. The molecule has 0 aliphatic rings. The number of hydrogen-bond acceptors (Lipinski definition) is 2. The molecule has 0 heterocycles. The van der Waals surface area contributed by atoms with Gasteiger partial charge in [0.15, 0.2) is 0 Å². The van der Waals surface area contributed by atoms with E-state index in [2.05, 4.69) is 39.9 Å². The van der Waals surface area contributed by atoms with Crippen molar-refractivity contribution < 1.29 is 5.11 Å². The maximum atomic E-state index is 9.24.